The Morgan fingerprint density at radius 2 is 1.96 bits per heavy atom. The van der Waals surface area contributed by atoms with Crippen molar-refractivity contribution >= 4 is 11.6 Å². The van der Waals surface area contributed by atoms with Gasteiger partial charge in [0.2, 0.25) is 5.91 Å². The van der Waals surface area contributed by atoms with Crippen molar-refractivity contribution in [3.8, 4) is 11.1 Å². The number of aromatic nitrogens is 2. The third kappa shape index (κ3) is 3.33. The highest BCUT2D eigenvalue weighted by Gasteiger charge is 2.22. The molecule has 0 saturated heterocycles. The Kier molecular flexibility index (Phi) is 4.44. The highest BCUT2D eigenvalue weighted by Crippen LogP contribution is 2.31. The van der Waals surface area contributed by atoms with Gasteiger partial charge in [0.25, 0.3) is 0 Å². The predicted molar refractivity (Wildman–Crippen MR) is 103 cm³/mol. The van der Waals surface area contributed by atoms with Gasteiger partial charge in [-0.3, -0.25) is 4.79 Å². The first-order valence-electron chi connectivity index (χ1n) is 8.87. The molecule has 0 fully saturated rings. The third-order valence-electron chi connectivity index (χ3n) is 4.88. The Bertz CT molecular complexity index is 890. The molecule has 0 aliphatic carbocycles. The molecule has 1 N–H and O–H groups in total. The monoisotopic (exact) mass is 346 g/mol. The number of hydrogen-bond donors (Lipinski definition) is 1. The second-order valence-electron chi connectivity index (χ2n) is 6.63. The summed E-state index contributed by atoms with van der Waals surface area (Å²) in [6.07, 6.45) is 3.63. The van der Waals surface area contributed by atoms with Crippen LogP contribution in [-0.4, -0.2) is 33.9 Å². The number of carbonyl (C=O) groups excluding carboxylic acids is 1. The zero-order valence-electron chi connectivity index (χ0n) is 14.9. The molecule has 1 aromatic heterocycles. The Hall–Kier alpha value is -3.08. The fourth-order valence-corrected chi connectivity index (χ4v) is 3.48. The number of nitrogens with zero attached hydrogens (tertiary/aromatic N) is 3. The number of imidazole rings is 1. The summed E-state index contributed by atoms with van der Waals surface area (Å²) in [6, 6.07) is 16.9. The SMILES string of the molecule is CC(=O)N1CCN(Cc2c[nH]cn2)c2ccc(-c3ccccc3)cc2C1. The highest BCUT2D eigenvalue weighted by atomic mass is 16.2. The highest BCUT2D eigenvalue weighted by molar-refractivity contribution is 5.75. The number of anilines is 1. The van der Waals surface area contributed by atoms with Crippen molar-refractivity contribution in [1.29, 1.82) is 0 Å². The first-order valence-corrected chi connectivity index (χ1v) is 8.87. The van der Waals surface area contributed by atoms with E-state index in [0.29, 0.717) is 6.54 Å². The van der Waals surface area contributed by atoms with E-state index in [-0.39, 0.29) is 5.91 Å². The van der Waals surface area contributed by atoms with E-state index in [4.69, 9.17) is 0 Å². The molecule has 0 spiro atoms. The van der Waals surface area contributed by atoms with Crippen LogP contribution in [-0.2, 0) is 17.9 Å². The number of hydrogen-bond acceptors (Lipinski definition) is 3. The van der Waals surface area contributed by atoms with Crippen LogP contribution in [0, 0.1) is 0 Å². The molecule has 0 unspecified atom stereocenters. The van der Waals surface area contributed by atoms with E-state index in [1.807, 2.05) is 29.3 Å². The minimum Gasteiger partial charge on any atom is -0.364 e. The quantitative estimate of drug-likeness (QED) is 0.790. The Labute approximate surface area is 153 Å². The lowest BCUT2D eigenvalue weighted by molar-refractivity contribution is -0.129. The molecular weight excluding hydrogens is 324 g/mol. The van der Waals surface area contributed by atoms with Gasteiger partial charge >= 0.3 is 0 Å². The summed E-state index contributed by atoms with van der Waals surface area (Å²) in [4.78, 5) is 23.6. The van der Waals surface area contributed by atoms with E-state index < -0.39 is 0 Å². The van der Waals surface area contributed by atoms with Crippen LogP contribution >= 0.6 is 0 Å². The minimum atomic E-state index is 0.114. The van der Waals surface area contributed by atoms with Crippen molar-refractivity contribution in [1.82, 2.24) is 14.9 Å². The molecule has 0 atom stereocenters. The van der Waals surface area contributed by atoms with Gasteiger partial charge in [0.15, 0.2) is 0 Å². The van der Waals surface area contributed by atoms with Crippen LogP contribution in [0.2, 0.25) is 0 Å². The van der Waals surface area contributed by atoms with Gasteiger partial charge in [-0.1, -0.05) is 36.4 Å². The van der Waals surface area contributed by atoms with E-state index in [1.54, 1.807) is 13.3 Å². The largest absolute Gasteiger partial charge is 0.364 e. The summed E-state index contributed by atoms with van der Waals surface area (Å²) in [5.74, 6) is 0.114. The van der Waals surface area contributed by atoms with Crippen LogP contribution < -0.4 is 4.90 Å². The van der Waals surface area contributed by atoms with E-state index >= 15 is 0 Å². The van der Waals surface area contributed by atoms with Crippen LogP contribution in [0.5, 0.6) is 0 Å². The molecule has 0 bridgehead atoms. The van der Waals surface area contributed by atoms with Gasteiger partial charge in [0, 0.05) is 38.4 Å². The lowest BCUT2D eigenvalue weighted by Crippen LogP contribution is -2.33. The summed E-state index contributed by atoms with van der Waals surface area (Å²) in [5, 5.41) is 0. The van der Waals surface area contributed by atoms with Gasteiger partial charge in [-0.25, -0.2) is 4.98 Å². The molecule has 5 heteroatoms. The van der Waals surface area contributed by atoms with E-state index in [9.17, 15) is 4.79 Å². The van der Waals surface area contributed by atoms with E-state index in [0.717, 1.165) is 25.3 Å². The van der Waals surface area contributed by atoms with Crippen LogP contribution in [0.4, 0.5) is 5.69 Å². The van der Waals surface area contributed by atoms with Crippen LogP contribution in [0.25, 0.3) is 11.1 Å². The average Bonchev–Trinajstić information content (AvgIpc) is 3.10. The van der Waals surface area contributed by atoms with Gasteiger partial charge < -0.3 is 14.8 Å². The molecule has 3 aromatic rings. The number of H-pyrrole nitrogens is 1. The lowest BCUT2D eigenvalue weighted by Gasteiger charge is -2.24. The minimum absolute atomic E-state index is 0.114. The maximum Gasteiger partial charge on any atom is 0.219 e. The second-order valence-corrected chi connectivity index (χ2v) is 6.63. The second kappa shape index (κ2) is 7.04. The maximum absolute atomic E-state index is 12.0. The number of carbonyl (C=O) groups is 1. The van der Waals surface area contributed by atoms with E-state index in [2.05, 4.69) is 45.2 Å². The van der Waals surface area contributed by atoms with Crippen molar-refractivity contribution in [2.75, 3.05) is 18.0 Å². The Morgan fingerprint density at radius 3 is 2.69 bits per heavy atom. The summed E-state index contributed by atoms with van der Waals surface area (Å²) in [7, 11) is 0. The Balaban J connectivity index is 1.72. The van der Waals surface area contributed by atoms with Gasteiger partial charge in [0.1, 0.15) is 0 Å². The summed E-state index contributed by atoms with van der Waals surface area (Å²) in [6.45, 7) is 4.53. The number of benzene rings is 2. The molecule has 1 aliphatic heterocycles. The van der Waals surface area contributed by atoms with E-state index in [1.165, 1.54) is 22.4 Å². The fraction of sp³-hybridized carbons (Fsp3) is 0.238. The summed E-state index contributed by atoms with van der Waals surface area (Å²) >= 11 is 0. The molecule has 1 amide bonds. The normalized spacial score (nSPS) is 14.0. The molecule has 1 aliphatic rings. The van der Waals surface area contributed by atoms with Crippen LogP contribution in [0.3, 0.4) is 0 Å². The zero-order valence-corrected chi connectivity index (χ0v) is 14.9. The first kappa shape index (κ1) is 16.4. The standard InChI is InChI=1S/C21H22N4O/c1-16(26)24-9-10-25(14-20-12-22-15-23-20)21-8-7-18(11-19(21)13-24)17-5-3-2-4-6-17/h2-8,11-12,15H,9-10,13-14H2,1H3,(H,22,23). The summed E-state index contributed by atoms with van der Waals surface area (Å²) in [5.41, 5.74) is 5.72. The first-order chi connectivity index (χ1) is 12.7. The van der Waals surface area contributed by atoms with Gasteiger partial charge in [0.05, 0.1) is 18.6 Å². The van der Waals surface area contributed by atoms with Gasteiger partial charge in [-0.2, -0.15) is 0 Å². The molecular formula is C21H22N4O. The van der Waals surface area contributed by atoms with Crippen molar-refractivity contribution in [3.63, 3.8) is 0 Å². The summed E-state index contributed by atoms with van der Waals surface area (Å²) < 4.78 is 0. The van der Waals surface area contributed by atoms with Crippen molar-refractivity contribution in [2.24, 2.45) is 0 Å². The topological polar surface area (TPSA) is 52.2 Å². The smallest absolute Gasteiger partial charge is 0.219 e. The van der Waals surface area contributed by atoms with Crippen molar-refractivity contribution < 1.29 is 4.79 Å². The molecule has 26 heavy (non-hydrogen) atoms. The molecule has 132 valence electrons. The third-order valence-corrected chi connectivity index (χ3v) is 4.88. The predicted octanol–water partition coefficient (Wildman–Crippen LogP) is 3.45. The molecule has 5 nitrogen and oxygen atoms in total. The number of fused-ring (bicyclic) bond motifs is 1. The number of nitrogens with one attached hydrogen (secondary N) is 1. The van der Waals surface area contributed by atoms with Crippen molar-refractivity contribution in [2.45, 2.75) is 20.0 Å². The molecule has 0 radical (unpaired) electrons. The van der Waals surface area contributed by atoms with Crippen LogP contribution in [0.1, 0.15) is 18.2 Å². The average molecular weight is 346 g/mol. The zero-order chi connectivity index (χ0) is 17.9. The number of aromatic amines is 1. The number of amides is 1. The van der Waals surface area contributed by atoms with Gasteiger partial charge in [-0.05, 0) is 28.8 Å². The molecule has 2 aromatic carbocycles. The van der Waals surface area contributed by atoms with Gasteiger partial charge in [-0.15, -0.1) is 0 Å². The Morgan fingerprint density at radius 1 is 1.12 bits per heavy atom. The lowest BCUT2D eigenvalue weighted by atomic mass is 10.0. The molecule has 4 rings (SSSR count). The fourth-order valence-electron chi connectivity index (χ4n) is 3.48. The number of rotatable bonds is 3. The van der Waals surface area contributed by atoms with Crippen molar-refractivity contribution in [3.05, 3.63) is 72.3 Å². The molecule has 0 saturated carbocycles. The maximum atomic E-state index is 12.0. The molecule has 2 heterocycles. The van der Waals surface area contributed by atoms with Crippen LogP contribution in [0.15, 0.2) is 61.1 Å².